The van der Waals surface area contributed by atoms with Crippen LogP contribution < -0.4 is 0 Å². The first-order valence-corrected chi connectivity index (χ1v) is 19.9. The van der Waals surface area contributed by atoms with Crippen molar-refractivity contribution in [2.45, 2.75) is 0 Å². The van der Waals surface area contributed by atoms with Gasteiger partial charge in [-0.05, 0) is 96.4 Å². The Bertz CT molecular complexity index is 3530. The summed E-state index contributed by atoms with van der Waals surface area (Å²) < 4.78 is 6.76. The summed E-state index contributed by atoms with van der Waals surface area (Å²) >= 11 is 0. The van der Waals surface area contributed by atoms with E-state index in [-0.39, 0.29) is 0 Å². The van der Waals surface area contributed by atoms with Gasteiger partial charge in [-0.2, -0.15) is 0 Å². The highest BCUT2D eigenvalue weighted by Gasteiger charge is 2.21. The SMILES string of the molecule is c1ccc(-c2ccc3cc(-c4ccc(-c5nc(-c6ccc7ccccc7c6)nc(-c6ccc7ccccc7c6)n5)c5ccccc45)c4c5ccccc5oc4c3c2)cc1. The minimum absolute atomic E-state index is 0.625. The van der Waals surface area contributed by atoms with Gasteiger partial charge in [-0.15, -0.1) is 0 Å². The number of fused-ring (bicyclic) bond motifs is 8. The number of benzene rings is 10. The molecule has 2 heterocycles. The van der Waals surface area contributed by atoms with Crippen molar-refractivity contribution in [2.75, 3.05) is 0 Å². The molecule has 4 heteroatoms. The van der Waals surface area contributed by atoms with Gasteiger partial charge in [0.2, 0.25) is 0 Å². The van der Waals surface area contributed by atoms with E-state index >= 15 is 0 Å². The van der Waals surface area contributed by atoms with Crippen molar-refractivity contribution < 1.29 is 4.42 Å². The van der Waals surface area contributed by atoms with Gasteiger partial charge in [0.15, 0.2) is 17.5 Å². The van der Waals surface area contributed by atoms with Gasteiger partial charge in [0.05, 0.1) is 0 Å². The summed E-state index contributed by atoms with van der Waals surface area (Å²) in [6, 6.07) is 70.5. The summed E-state index contributed by atoms with van der Waals surface area (Å²) in [5.41, 5.74) is 9.16. The summed E-state index contributed by atoms with van der Waals surface area (Å²) in [6.45, 7) is 0. The van der Waals surface area contributed by atoms with Gasteiger partial charge in [0.25, 0.3) is 0 Å². The number of aromatic nitrogens is 3. The first kappa shape index (κ1) is 33.2. The first-order chi connectivity index (χ1) is 29.2. The molecule has 0 fully saturated rings. The van der Waals surface area contributed by atoms with Crippen LogP contribution in [0.15, 0.2) is 205 Å². The van der Waals surface area contributed by atoms with Crippen LogP contribution in [0.4, 0.5) is 0 Å². The zero-order valence-corrected chi connectivity index (χ0v) is 31.8. The Balaban J connectivity index is 1.08. The second-order valence-corrected chi connectivity index (χ2v) is 15.2. The topological polar surface area (TPSA) is 51.8 Å². The van der Waals surface area contributed by atoms with Crippen LogP contribution in [-0.2, 0) is 0 Å². The van der Waals surface area contributed by atoms with Crippen LogP contribution in [-0.4, -0.2) is 15.0 Å². The molecule has 12 rings (SSSR count). The molecule has 0 saturated carbocycles. The molecule has 0 aliphatic carbocycles. The Morgan fingerprint density at radius 1 is 0.288 bits per heavy atom. The van der Waals surface area contributed by atoms with Crippen molar-refractivity contribution in [2.24, 2.45) is 0 Å². The van der Waals surface area contributed by atoms with E-state index in [1.54, 1.807) is 0 Å². The Labute approximate surface area is 339 Å². The average molecular weight is 752 g/mol. The third-order valence-electron chi connectivity index (χ3n) is 11.7. The fraction of sp³-hybridized carbons (Fsp3) is 0. The molecule has 0 aliphatic heterocycles. The summed E-state index contributed by atoms with van der Waals surface area (Å²) in [6.07, 6.45) is 0. The maximum atomic E-state index is 6.76. The van der Waals surface area contributed by atoms with Crippen LogP contribution in [0.2, 0.25) is 0 Å². The summed E-state index contributed by atoms with van der Waals surface area (Å²) in [5, 5.41) is 11.2. The molecule has 0 saturated heterocycles. The highest BCUT2D eigenvalue weighted by Crippen LogP contribution is 2.45. The molecule has 59 heavy (non-hydrogen) atoms. The second kappa shape index (κ2) is 13.3. The molecule has 0 radical (unpaired) electrons. The third-order valence-corrected chi connectivity index (χ3v) is 11.7. The Kier molecular flexibility index (Phi) is 7.50. The van der Waals surface area contributed by atoms with Gasteiger partial charge in [-0.1, -0.05) is 164 Å². The van der Waals surface area contributed by atoms with Gasteiger partial charge in [0.1, 0.15) is 11.2 Å². The summed E-state index contributed by atoms with van der Waals surface area (Å²) in [7, 11) is 0. The minimum atomic E-state index is 0.625. The van der Waals surface area contributed by atoms with E-state index in [1.807, 2.05) is 6.07 Å². The highest BCUT2D eigenvalue weighted by atomic mass is 16.3. The Morgan fingerprint density at radius 3 is 1.51 bits per heavy atom. The molecule has 0 bridgehead atoms. The van der Waals surface area contributed by atoms with Gasteiger partial charge >= 0.3 is 0 Å². The molecule has 4 nitrogen and oxygen atoms in total. The molecule has 0 atom stereocenters. The highest BCUT2D eigenvalue weighted by molar-refractivity contribution is 6.23. The van der Waals surface area contributed by atoms with Gasteiger partial charge < -0.3 is 4.42 Å². The van der Waals surface area contributed by atoms with Crippen LogP contribution >= 0.6 is 0 Å². The molecule has 0 N–H and O–H groups in total. The molecule has 10 aromatic carbocycles. The molecule has 274 valence electrons. The zero-order chi connectivity index (χ0) is 38.9. The fourth-order valence-corrected chi connectivity index (χ4v) is 8.77. The predicted molar refractivity (Wildman–Crippen MR) is 244 cm³/mol. The number of furan rings is 1. The second-order valence-electron chi connectivity index (χ2n) is 15.2. The van der Waals surface area contributed by atoms with Crippen LogP contribution in [0, 0.1) is 0 Å². The lowest BCUT2D eigenvalue weighted by Crippen LogP contribution is -2.01. The van der Waals surface area contributed by atoms with E-state index in [1.165, 1.54) is 16.3 Å². The zero-order valence-electron chi connectivity index (χ0n) is 31.8. The van der Waals surface area contributed by atoms with Gasteiger partial charge in [0, 0.05) is 32.8 Å². The van der Waals surface area contributed by atoms with Crippen molar-refractivity contribution >= 4 is 65.0 Å². The van der Waals surface area contributed by atoms with Crippen LogP contribution in [0.5, 0.6) is 0 Å². The van der Waals surface area contributed by atoms with E-state index in [0.717, 1.165) is 87.6 Å². The van der Waals surface area contributed by atoms with Crippen molar-refractivity contribution in [1.29, 1.82) is 0 Å². The van der Waals surface area contributed by atoms with Crippen LogP contribution in [0.25, 0.3) is 121 Å². The minimum Gasteiger partial charge on any atom is -0.455 e. The normalized spacial score (nSPS) is 11.7. The van der Waals surface area contributed by atoms with Gasteiger partial charge in [-0.25, -0.2) is 15.0 Å². The van der Waals surface area contributed by atoms with Crippen molar-refractivity contribution in [1.82, 2.24) is 15.0 Å². The molecule has 0 amide bonds. The molecular weight excluding hydrogens is 719 g/mol. The fourth-order valence-electron chi connectivity index (χ4n) is 8.77. The predicted octanol–water partition coefficient (Wildman–Crippen LogP) is 14.7. The van der Waals surface area contributed by atoms with E-state index < -0.39 is 0 Å². The lowest BCUT2D eigenvalue weighted by Gasteiger charge is -2.15. The maximum absolute atomic E-state index is 6.76. The quantitative estimate of drug-likeness (QED) is 0.176. The summed E-state index contributed by atoms with van der Waals surface area (Å²) in [5.74, 6) is 1.89. The van der Waals surface area contributed by atoms with Gasteiger partial charge in [-0.3, -0.25) is 0 Å². The van der Waals surface area contributed by atoms with E-state index in [4.69, 9.17) is 19.4 Å². The standard InChI is InChI=1S/C55H33N3O/c1-2-12-34(13-3-1)39-24-25-40-33-49(51-47-20-10-11-21-50(47)59-52(51)48(40)32-39)45-28-29-46(44-19-9-8-18-43(44)45)55-57-53(41-26-22-35-14-4-6-16-37(35)30-41)56-54(58-55)42-27-23-36-15-5-7-17-38(36)31-42/h1-33H. The van der Waals surface area contributed by atoms with E-state index in [0.29, 0.717) is 17.5 Å². The van der Waals surface area contributed by atoms with Crippen molar-refractivity contribution in [3.8, 4) is 56.4 Å². The molecule has 0 aliphatic rings. The lowest BCUT2D eigenvalue weighted by atomic mass is 9.89. The number of hydrogen-bond donors (Lipinski definition) is 0. The number of nitrogens with zero attached hydrogens (tertiary/aromatic N) is 3. The lowest BCUT2D eigenvalue weighted by molar-refractivity contribution is 0.673. The molecule has 0 spiro atoms. The van der Waals surface area contributed by atoms with Crippen LogP contribution in [0.3, 0.4) is 0 Å². The molecule has 2 aromatic heterocycles. The van der Waals surface area contributed by atoms with E-state index in [9.17, 15) is 0 Å². The van der Waals surface area contributed by atoms with Crippen molar-refractivity contribution in [3.05, 3.63) is 200 Å². The average Bonchev–Trinajstić information content (AvgIpc) is 3.71. The number of hydrogen-bond acceptors (Lipinski definition) is 4. The third kappa shape index (κ3) is 5.57. The molecule has 0 unspecified atom stereocenters. The Morgan fingerprint density at radius 2 is 0.814 bits per heavy atom. The van der Waals surface area contributed by atoms with Crippen LogP contribution in [0.1, 0.15) is 0 Å². The Hall–Kier alpha value is -7.95. The van der Waals surface area contributed by atoms with Crippen molar-refractivity contribution in [3.63, 3.8) is 0 Å². The number of rotatable bonds is 5. The monoisotopic (exact) mass is 751 g/mol. The summed E-state index contributed by atoms with van der Waals surface area (Å²) in [4.78, 5) is 15.6. The van der Waals surface area contributed by atoms with E-state index in [2.05, 4.69) is 194 Å². The first-order valence-electron chi connectivity index (χ1n) is 19.9. The smallest absolute Gasteiger partial charge is 0.164 e. The molecule has 12 aromatic rings. The largest absolute Gasteiger partial charge is 0.455 e. The number of para-hydroxylation sites is 1. The maximum Gasteiger partial charge on any atom is 0.164 e. The molecular formula is C55H33N3O.